The van der Waals surface area contributed by atoms with E-state index in [-0.39, 0.29) is 6.03 Å². The monoisotopic (exact) mass is 447 g/mol. The third kappa shape index (κ3) is 3.56. The predicted molar refractivity (Wildman–Crippen MR) is 128 cm³/mol. The number of nitrogens with one attached hydrogen (secondary N) is 2. The molecule has 1 spiro atoms. The first-order chi connectivity index (χ1) is 16.0. The largest absolute Gasteiger partial charge is 0.490 e. The highest BCUT2D eigenvalue weighted by Crippen LogP contribution is 2.41. The normalized spacial score (nSPS) is 18.6. The molecule has 33 heavy (non-hydrogen) atoms. The van der Waals surface area contributed by atoms with Gasteiger partial charge in [0.25, 0.3) is 0 Å². The number of carbonyl (C=O) groups is 1. The Morgan fingerprint density at radius 1 is 1.30 bits per heavy atom. The number of urea groups is 1. The summed E-state index contributed by atoms with van der Waals surface area (Å²) in [5.74, 6) is 1.35. The molecule has 2 amide bonds. The molecule has 9 heteroatoms. The average Bonchev–Trinajstić information content (AvgIpc) is 3.23. The maximum atomic E-state index is 13.3. The molecule has 3 aliphatic rings. The fourth-order valence-corrected chi connectivity index (χ4v) is 5.11. The lowest BCUT2D eigenvalue weighted by atomic mass is 10.1. The van der Waals surface area contributed by atoms with Gasteiger partial charge in [0.15, 0.2) is 5.75 Å². The predicted octanol–water partition coefficient (Wildman–Crippen LogP) is 2.97. The van der Waals surface area contributed by atoms with Gasteiger partial charge in [0.2, 0.25) is 0 Å². The fourth-order valence-electron chi connectivity index (χ4n) is 5.11. The summed E-state index contributed by atoms with van der Waals surface area (Å²) in [7, 11) is 0. The maximum Gasteiger partial charge on any atom is 0.327 e. The van der Waals surface area contributed by atoms with Gasteiger partial charge in [0.1, 0.15) is 5.82 Å². The van der Waals surface area contributed by atoms with E-state index in [4.69, 9.17) is 4.74 Å². The third-order valence-electron chi connectivity index (χ3n) is 6.89. The molecule has 0 aromatic carbocycles. The summed E-state index contributed by atoms with van der Waals surface area (Å²) in [6, 6.07) is 5.79. The van der Waals surface area contributed by atoms with Crippen LogP contribution in [-0.2, 0) is 6.42 Å². The van der Waals surface area contributed by atoms with Crippen LogP contribution in [0.3, 0.4) is 0 Å². The van der Waals surface area contributed by atoms with Crippen molar-refractivity contribution in [1.82, 2.24) is 19.9 Å². The van der Waals surface area contributed by atoms with Gasteiger partial charge in [0, 0.05) is 49.2 Å². The molecule has 0 radical (unpaired) electrons. The zero-order valence-electron chi connectivity index (χ0n) is 19.1. The van der Waals surface area contributed by atoms with Crippen molar-refractivity contribution in [3.05, 3.63) is 41.9 Å². The van der Waals surface area contributed by atoms with Crippen LogP contribution in [0.1, 0.15) is 31.0 Å². The van der Waals surface area contributed by atoms with Crippen molar-refractivity contribution >= 4 is 28.7 Å². The van der Waals surface area contributed by atoms with Crippen molar-refractivity contribution in [2.75, 3.05) is 47.9 Å². The molecule has 0 atom stereocenters. The molecule has 172 valence electrons. The number of piperazine rings is 1. The smallest absolute Gasteiger partial charge is 0.327 e. The van der Waals surface area contributed by atoms with Crippen LogP contribution in [0.25, 0.3) is 5.52 Å². The first kappa shape index (κ1) is 20.3. The second kappa shape index (κ2) is 7.62. The van der Waals surface area contributed by atoms with E-state index in [2.05, 4.69) is 31.7 Å². The SMILES string of the molecule is CCOc1cn2nc(C)cc2cc1NC(=O)N1CCc2c(N3CCNC4(CC4)C3)ccnc21. The lowest BCUT2D eigenvalue weighted by Gasteiger charge is -2.36. The molecular formula is C24H29N7O2. The number of ether oxygens (including phenoxy) is 1. The summed E-state index contributed by atoms with van der Waals surface area (Å²) in [6.07, 6.45) is 6.94. The number of hydrogen-bond acceptors (Lipinski definition) is 6. The van der Waals surface area contributed by atoms with E-state index in [9.17, 15) is 4.79 Å². The molecule has 5 heterocycles. The molecule has 1 saturated heterocycles. The highest BCUT2D eigenvalue weighted by molar-refractivity contribution is 6.04. The van der Waals surface area contributed by atoms with Crippen molar-refractivity contribution in [2.45, 2.75) is 38.6 Å². The summed E-state index contributed by atoms with van der Waals surface area (Å²) in [4.78, 5) is 22.2. The number of aromatic nitrogens is 3. The van der Waals surface area contributed by atoms with E-state index in [0.29, 0.717) is 30.1 Å². The van der Waals surface area contributed by atoms with Gasteiger partial charge in [-0.1, -0.05) is 0 Å². The van der Waals surface area contributed by atoms with Gasteiger partial charge in [-0.2, -0.15) is 5.10 Å². The second-order valence-electron chi connectivity index (χ2n) is 9.23. The average molecular weight is 448 g/mol. The van der Waals surface area contributed by atoms with E-state index < -0.39 is 0 Å². The fraction of sp³-hybridized carbons (Fsp3) is 0.458. The molecule has 2 fully saturated rings. The number of pyridine rings is 2. The quantitative estimate of drug-likeness (QED) is 0.640. The number of aryl methyl sites for hydroxylation is 1. The zero-order valence-corrected chi connectivity index (χ0v) is 19.1. The molecule has 3 aromatic rings. The van der Waals surface area contributed by atoms with E-state index in [1.807, 2.05) is 38.4 Å². The minimum absolute atomic E-state index is 0.195. The van der Waals surface area contributed by atoms with Crippen LogP contribution in [-0.4, -0.2) is 59.0 Å². The van der Waals surface area contributed by atoms with Crippen molar-refractivity contribution in [3.8, 4) is 5.75 Å². The lowest BCUT2D eigenvalue weighted by Crippen LogP contribution is -2.52. The number of carbonyl (C=O) groups excluding carboxylic acids is 1. The Hall–Kier alpha value is -3.33. The van der Waals surface area contributed by atoms with Crippen LogP contribution < -0.4 is 25.2 Å². The molecule has 2 aliphatic heterocycles. The van der Waals surface area contributed by atoms with Crippen molar-refractivity contribution < 1.29 is 9.53 Å². The van der Waals surface area contributed by atoms with Gasteiger partial charge in [-0.25, -0.2) is 14.3 Å². The van der Waals surface area contributed by atoms with Crippen LogP contribution in [0.2, 0.25) is 0 Å². The summed E-state index contributed by atoms with van der Waals surface area (Å²) in [6.45, 7) is 7.98. The van der Waals surface area contributed by atoms with Gasteiger partial charge >= 0.3 is 6.03 Å². The summed E-state index contributed by atoms with van der Waals surface area (Å²) >= 11 is 0. The number of rotatable bonds is 4. The van der Waals surface area contributed by atoms with Crippen molar-refractivity contribution in [3.63, 3.8) is 0 Å². The topological polar surface area (TPSA) is 87.0 Å². The van der Waals surface area contributed by atoms with Gasteiger partial charge in [-0.3, -0.25) is 4.90 Å². The number of fused-ring (bicyclic) bond motifs is 2. The highest BCUT2D eigenvalue weighted by atomic mass is 16.5. The first-order valence-corrected chi connectivity index (χ1v) is 11.7. The number of anilines is 3. The van der Waals surface area contributed by atoms with E-state index in [0.717, 1.165) is 48.6 Å². The van der Waals surface area contributed by atoms with Gasteiger partial charge in [0.05, 0.1) is 29.7 Å². The lowest BCUT2D eigenvalue weighted by molar-refractivity contribution is 0.257. The Bertz CT molecular complexity index is 1230. The summed E-state index contributed by atoms with van der Waals surface area (Å²) in [5.41, 5.74) is 5.13. The Morgan fingerprint density at radius 3 is 3.00 bits per heavy atom. The summed E-state index contributed by atoms with van der Waals surface area (Å²) < 4.78 is 7.56. The molecule has 3 aromatic heterocycles. The van der Waals surface area contributed by atoms with Crippen LogP contribution in [0.4, 0.5) is 22.0 Å². The second-order valence-corrected chi connectivity index (χ2v) is 9.23. The molecular weight excluding hydrogens is 418 g/mol. The molecule has 1 saturated carbocycles. The van der Waals surface area contributed by atoms with Gasteiger partial charge < -0.3 is 20.3 Å². The molecule has 1 aliphatic carbocycles. The van der Waals surface area contributed by atoms with Gasteiger partial charge in [-0.05, 0) is 51.3 Å². The number of amides is 2. The van der Waals surface area contributed by atoms with Crippen molar-refractivity contribution in [1.29, 1.82) is 0 Å². The number of nitrogens with zero attached hydrogens (tertiary/aromatic N) is 5. The Kier molecular flexibility index (Phi) is 4.69. The Balaban J connectivity index is 1.27. The molecule has 0 unspecified atom stereocenters. The molecule has 9 nitrogen and oxygen atoms in total. The molecule has 2 N–H and O–H groups in total. The number of hydrogen-bond donors (Lipinski definition) is 2. The Labute approximate surface area is 192 Å². The summed E-state index contributed by atoms with van der Waals surface area (Å²) in [5, 5.41) is 11.2. The van der Waals surface area contributed by atoms with Crippen LogP contribution in [0.5, 0.6) is 5.75 Å². The first-order valence-electron chi connectivity index (χ1n) is 11.7. The zero-order chi connectivity index (χ0) is 22.6. The van der Waals surface area contributed by atoms with Crippen molar-refractivity contribution in [2.24, 2.45) is 0 Å². The maximum absolute atomic E-state index is 13.3. The standard InChI is InChI=1S/C24H29N7O2/c1-3-33-21-14-31-17(12-16(2)28-31)13-19(21)27-23(32)30-10-5-18-20(4-8-25-22(18)30)29-11-9-26-24(15-29)6-7-24/h4,8,12-14,26H,3,5-7,9-11,15H2,1-2H3,(H,27,32). The Morgan fingerprint density at radius 2 is 2.18 bits per heavy atom. The van der Waals surface area contributed by atoms with Crippen LogP contribution in [0.15, 0.2) is 30.6 Å². The van der Waals surface area contributed by atoms with E-state index in [1.165, 1.54) is 18.5 Å². The van der Waals surface area contributed by atoms with E-state index >= 15 is 0 Å². The molecule has 6 rings (SSSR count). The highest BCUT2D eigenvalue weighted by Gasteiger charge is 2.46. The van der Waals surface area contributed by atoms with Gasteiger partial charge in [-0.15, -0.1) is 0 Å². The van der Waals surface area contributed by atoms with E-state index in [1.54, 1.807) is 9.42 Å². The van der Waals surface area contributed by atoms with Crippen LogP contribution in [0, 0.1) is 6.92 Å². The minimum atomic E-state index is -0.195. The minimum Gasteiger partial charge on any atom is -0.490 e. The third-order valence-corrected chi connectivity index (χ3v) is 6.89. The van der Waals surface area contributed by atoms with Crippen LogP contribution >= 0.6 is 0 Å². The molecule has 0 bridgehead atoms.